The maximum absolute atomic E-state index is 5.56. The summed E-state index contributed by atoms with van der Waals surface area (Å²) in [5, 5.41) is 7.70. The lowest BCUT2D eigenvalue weighted by Gasteiger charge is -2.21. The molecule has 3 aromatic rings. The largest absolute Gasteiger partial charge is 0.350 e. The van der Waals surface area contributed by atoms with Gasteiger partial charge < -0.3 is 9.84 Å². The Morgan fingerprint density at radius 1 is 1.00 bits per heavy atom. The average Bonchev–Trinajstić information content (AvgIpc) is 3.04. The second kappa shape index (κ2) is 6.29. The Morgan fingerprint density at radius 3 is 2.52 bits per heavy atom. The van der Waals surface area contributed by atoms with Gasteiger partial charge in [-0.1, -0.05) is 65.8 Å². The minimum absolute atomic E-state index is 0.552. The molecule has 3 heteroatoms. The molecule has 0 spiro atoms. The third kappa shape index (κ3) is 3.00. The second-order valence-electron chi connectivity index (χ2n) is 6.13. The van der Waals surface area contributed by atoms with Crippen molar-refractivity contribution in [2.45, 2.75) is 31.7 Å². The van der Waals surface area contributed by atoms with Crippen LogP contribution < -0.4 is 5.32 Å². The van der Waals surface area contributed by atoms with Gasteiger partial charge in [-0.25, -0.2) is 0 Å². The molecule has 1 aliphatic carbocycles. The highest BCUT2D eigenvalue weighted by Gasteiger charge is 2.26. The number of rotatable bonds is 4. The number of benzene rings is 2. The van der Waals surface area contributed by atoms with Crippen molar-refractivity contribution in [1.29, 1.82) is 0 Å². The summed E-state index contributed by atoms with van der Waals surface area (Å²) < 4.78 is 5.56. The van der Waals surface area contributed by atoms with Gasteiger partial charge in [-0.15, -0.1) is 0 Å². The van der Waals surface area contributed by atoms with Gasteiger partial charge in [0.2, 0.25) is 5.88 Å². The van der Waals surface area contributed by atoms with Crippen molar-refractivity contribution in [2.75, 3.05) is 5.32 Å². The monoisotopic (exact) mass is 304 g/mol. The molecule has 0 saturated heterocycles. The second-order valence-corrected chi connectivity index (χ2v) is 6.13. The Kier molecular flexibility index (Phi) is 3.85. The van der Waals surface area contributed by atoms with E-state index in [0.717, 1.165) is 37.4 Å². The fourth-order valence-corrected chi connectivity index (χ4v) is 3.34. The molecule has 1 heterocycles. The molecule has 0 amide bonds. The summed E-state index contributed by atoms with van der Waals surface area (Å²) in [6.07, 6.45) is 3.14. The van der Waals surface area contributed by atoms with Gasteiger partial charge in [0.1, 0.15) is 0 Å². The zero-order valence-corrected chi connectivity index (χ0v) is 13.0. The molecule has 2 aromatic carbocycles. The number of nitrogens with one attached hydrogen (secondary N) is 1. The summed E-state index contributed by atoms with van der Waals surface area (Å²) in [7, 11) is 0. The first kappa shape index (κ1) is 14.1. The molecule has 1 N–H and O–H groups in total. The van der Waals surface area contributed by atoms with Crippen molar-refractivity contribution in [3.63, 3.8) is 0 Å². The van der Waals surface area contributed by atoms with Gasteiger partial charge in [0.25, 0.3) is 0 Å². The van der Waals surface area contributed by atoms with Gasteiger partial charge in [-0.3, -0.25) is 0 Å². The summed E-state index contributed by atoms with van der Waals surface area (Å²) in [4.78, 5) is 0. The van der Waals surface area contributed by atoms with Crippen LogP contribution in [-0.2, 0) is 19.4 Å². The topological polar surface area (TPSA) is 38.1 Å². The Labute approximate surface area is 136 Å². The number of aromatic nitrogens is 1. The first-order valence-corrected chi connectivity index (χ1v) is 8.20. The van der Waals surface area contributed by atoms with Crippen LogP contribution >= 0.6 is 0 Å². The summed E-state index contributed by atoms with van der Waals surface area (Å²) in [6, 6.07) is 21.1. The molecule has 116 valence electrons. The van der Waals surface area contributed by atoms with E-state index in [9.17, 15) is 0 Å². The van der Waals surface area contributed by atoms with Crippen molar-refractivity contribution < 1.29 is 4.52 Å². The van der Waals surface area contributed by atoms with Gasteiger partial charge in [0.15, 0.2) is 0 Å². The zero-order chi connectivity index (χ0) is 15.5. The number of hydrogen-bond acceptors (Lipinski definition) is 3. The third-order valence-electron chi connectivity index (χ3n) is 4.62. The lowest BCUT2D eigenvalue weighted by molar-refractivity contribution is 0.420. The Morgan fingerprint density at radius 2 is 1.74 bits per heavy atom. The maximum Gasteiger partial charge on any atom is 0.228 e. The van der Waals surface area contributed by atoms with Crippen molar-refractivity contribution >= 4 is 5.88 Å². The van der Waals surface area contributed by atoms with Crippen LogP contribution in [0.15, 0.2) is 65.2 Å². The molecule has 1 unspecified atom stereocenters. The molecule has 0 bridgehead atoms. The van der Waals surface area contributed by atoms with E-state index >= 15 is 0 Å². The van der Waals surface area contributed by atoms with Gasteiger partial charge in [-0.2, -0.15) is 0 Å². The standard InChI is InChI=1S/C20H20N2O/c1-3-7-15(8-4-1)14-21-20-18-12-11-17(13-19(18)22-23-20)16-9-5-2-6-10-16/h1-10,17,21H,11-14H2. The van der Waals surface area contributed by atoms with E-state index in [0.29, 0.717) is 5.92 Å². The summed E-state index contributed by atoms with van der Waals surface area (Å²) in [5.74, 6) is 1.39. The Bertz CT molecular complexity index is 751. The molecule has 0 saturated carbocycles. The average molecular weight is 304 g/mol. The molecule has 1 aromatic heterocycles. The predicted molar refractivity (Wildman–Crippen MR) is 91.5 cm³/mol. The fraction of sp³-hybridized carbons (Fsp3) is 0.250. The molecule has 0 aliphatic heterocycles. The highest BCUT2D eigenvalue weighted by molar-refractivity contribution is 5.46. The minimum atomic E-state index is 0.552. The van der Waals surface area contributed by atoms with Crippen LogP contribution in [0.2, 0.25) is 0 Å². The van der Waals surface area contributed by atoms with Gasteiger partial charge in [0, 0.05) is 18.5 Å². The fourth-order valence-electron chi connectivity index (χ4n) is 3.34. The highest BCUT2D eigenvalue weighted by atomic mass is 16.5. The lowest BCUT2D eigenvalue weighted by atomic mass is 9.83. The Balaban J connectivity index is 1.47. The molecule has 4 rings (SSSR count). The van der Waals surface area contributed by atoms with E-state index in [1.807, 2.05) is 6.07 Å². The SMILES string of the molecule is c1ccc(CNc2onc3c2CCC(c2ccccc2)C3)cc1. The predicted octanol–water partition coefficient (Wildman–Crippen LogP) is 4.56. The molecule has 1 aliphatic rings. The van der Waals surface area contributed by atoms with Crippen molar-refractivity contribution in [2.24, 2.45) is 0 Å². The first-order valence-electron chi connectivity index (χ1n) is 8.20. The number of nitrogens with zero attached hydrogens (tertiary/aromatic N) is 1. The number of anilines is 1. The molecule has 0 radical (unpaired) electrons. The lowest BCUT2D eigenvalue weighted by Crippen LogP contribution is -2.13. The van der Waals surface area contributed by atoms with Crippen LogP contribution in [0.3, 0.4) is 0 Å². The van der Waals surface area contributed by atoms with Crippen molar-refractivity contribution in [1.82, 2.24) is 5.16 Å². The molecular formula is C20H20N2O. The zero-order valence-electron chi connectivity index (χ0n) is 13.0. The third-order valence-corrected chi connectivity index (χ3v) is 4.62. The molecule has 3 nitrogen and oxygen atoms in total. The van der Waals surface area contributed by atoms with Crippen LogP contribution in [0.5, 0.6) is 0 Å². The Hall–Kier alpha value is -2.55. The van der Waals surface area contributed by atoms with E-state index in [4.69, 9.17) is 4.52 Å². The van der Waals surface area contributed by atoms with Crippen LogP contribution in [0.25, 0.3) is 0 Å². The van der Waals surface area contributed by atoms with Crippen LogP contribution in [0, 0.1) is 0 Å². The number of fused-ring (bicyclic) bond motifs is 1. The van der Waals surface area contributed by atoms with Gasteiger partial charge in [-0.05, 0) is 29.9 Å². The van der Waals surface area contributed by atoms with Crippen molar-refractivity contribution in [3.05, 3.63) is 83.0 Å². The van der Waals surface area contributed by atoms with Gasteiger partial charge >= 0.3 is 0 Å². The highest BCUT2D eigenvalue weighted by Crippen LogP contribution is 2.35. The summed E-state index contributed by atoms with van der Waals surface area (Å²) >= 11 is 0. The summed E-state index contributed by atoms with van der Waals surface area (Å²) in [5.41, 5.74) is 5.02. The smallest absolute Gasteiger partial charge is 0.228 e. The first-order chi connectivity index (χ1) is 11.4. The van der Waals surface area contributed by atoms with Crippen molar-refractivity contribution in [3.8, 4) is 0 Å². The van der Waals surface area contributed by atoms with E-state index < -0.39 is 0 Å². The summed E-state index contributed by atoms with van der Waals surface area (Å²) in [6.45, 7) is 0.768. The van der Waals surface area contributed by atoms with E-state index in [1.165, 1.54) is 16.7 Å². The number of hydrogen-bond donors (Lipinski definition) is 1. The van der Waals surface area contributed by atoms with Crippen LogP contribution in [0.1, 0.15) is 34.7 Å². The van der Waals surface area contributed by atoms with Crippen LogP contribution in [-0.4, -0.2) is 5.16 Å². The molecular weight excluding hydrogens is 284 g/mol. The molecule has 1 atom stereocenters. The minimum Gasteiger partial charge on any atom is -0.350 e. The quantitative estimate of drug-likeness (QED) is 0.768. The normalized spacial score (nSPS) is 16.8. The molecule has 23 heavy (non-hydrogen) atoms. The van der Waals surface area contributed by atoms with E-state index in [2.05, 4.69) is 65.1 Å². The molecule has 0 fully saturated rings. The van der Waals surface area contributed by atoms with Gasteiger partial charge in [0.05, 0.1) is 5.69 Å². The van der Waals surface area contributed by atoms with E-state index in [-0.39, 0.29) is 0 Å². The maximum atomic E-state index is 5.56. The van der Waals surface area contributed by atoms with E-state index in [1.54, 1.807) is 0 Å². The van der Waals surface area contributed by atoms with Crippen LogP contribution in [0.4, 0.5) is 5.88 Å².